The molecule has 1 heterocycles. The van der Waals surface area contributed by atoms with Crippen LogP contribution in [0.4, 0.5) is 0 Å². The van der Waals surface area contributed by atoms with Crippen LogP contribution >= 0.6 is 0 Å². The summed E-state index contributed by atoms with van der Waals surface area (Å²) in [7, 11) is 0. The highest BCUT2D eigenvalue weighted by atomic mass is 16.1. The number of nitrogens with one attached hydrogen (secondary N) is 1. The minimum absolute atomic E-state index is 0.0313. The van der Waals surface area contributed by atoms with Crippen LogP contribution in [0.25, 0.3) is 0 Å². The molecule has 4 nitrogen and oxygen atoms in total. The summed E-state index contributed by atoms with van der Waals surface area (Å²) in [5, 5.41) is 7.28. The van der Waals surface area contributed by atoms with E-state index in [-0.39, 0.29) is 5.56 Å². The normalized spacial score (nSPS) is 12.7. The topological polar surface area (TPSA) is 46.9 Å². The van der Waals surface area contributed by atoms with E-state index in [0.717, 1.165) is 13.0 Å². The molecule has 1 rings (SSSR count). The molecule has 0 aromatic carbocycles. The van der Waals surface area contributed by atoms with E-state index in [4.69, 9.17) is 0 Å². The third kappa shape index (κ3) is 3.30. The van der Waals surface area contributed by atoms with Gasteiger partial charge in [0.15, 0.2) is 0 Å². The summed E-state index contributed by atoms with van der Waals surface area (Å²) < 4.78 is 1.49. The van der Waals surface area contributed by atoms with E-state index < -0.39 is 0 Å². The highest BCUT2D eigenvalue weighted by Crippen LogP contribution is 1.91. The molecule has 0 fully saturated rings. The van der Waals surface area contributed by atoms with Crippen LogP contribution in [-0.4, -0.2) is 22.4 Å². The van der Waals surface area contributed by atoms with Crippen LogP contribution in [0.3, 0.4) is 0 Å². The molecule has 1 aromatic heterocycles. The van der Waals surface area contributed by atoms with Gasteiger partial charge in [-0.3, -0.25) is 4.79 Å². The van der Waals surface area contributed by atoms with Crippen molar-refractivity contribution in [2.24, 2.45) is 0 Å². The molecule has 0 saturated carbocycles. The standard InChI is InChI=1S/C10H17N3O/c1-3-11-9(2)6-8-13-10(14)5-4-7-12-13/h4-5,7,9,11H,3,6,8H2,1-2H3. The van der Waals surface area contributed by atoms with Gasteiger partial charge in [0.1, 0.15) is 0 Å². The second-order valence-corrected chi connectivity index (χ2v) is 3.33. The van der Waals surface area contributed by atoms with Crippen LogP contribution < -0.4 is 10.9 Å². The molecule has 4 heteroatoms. The summed E-state index contributed by atoms with van der Waals surface area (Å²) in [6, 6.07) is 3.62. The van der Waals surface area contributed by atoms with Gasteiger partial charge in [0.2, 0.25) is 0 Å². The summed E-state index contributed by atoms with van der Waals surface area (Å²) in [5.74, 6) is 0. The van der Waals surface area contributed by atoms with Crippen molar-refractivity contribution in [1.82, 2.24) is 15.1 Å². The Bertz CT molecular complexity index is 321. The SMILES string of the molecule is CCNC(C)CCn1ncccc1=O. The van der Waals surface area contributed by atoms with Gasteiger partial charge in [-0.1, -0.05) is 6.92 Å². The van der Waals surface area contributed by atoms with Crippen molar-refractivity contribution in [2.45, 2.75) is 32.9 Å². The first-order valence-electron chi connectivity index (χ1n) is 4.99. The van der Waals surface area contributed by atoms with E-state index in [1.54, 1.807) is 12.3 Å². The van der Waals surface area contributed by atoms with Gasteiger partial charge in [-0.15, -0.1) is 0 Å². The lowest BCUT2D eigenvalue weighted by atomic mass is 10.2. The van der Waals surface area contributed by atoms with Crippen molar-refractivity contribution >= 4 is 0 Å². The van der Waals surface area contributed by atoms with Gasteiger partial charge in [0.25, 0.3) is 5.56 Å². The number of aromatic nitrogens is 2. The average molecular weight is 195 g/mol. The van der Waals surface area contributed by atoms with Gasteiger partial charge >= 0.3 is 0 Å². The van der Waals surface area contributed by atoms with Crippen molar-refractivity contribution < 1.29 is 0 Å². The second kappa shape index (κ2) is 5.54. The van der Waals surface area contributed by atoms with Crippen molar-refractivity contribution in [3.8, 4) is 0 Å². The number of rotatable bonds is 5. The van der Waals surface area contributed by atoms with Gasteiger partial charge in [-0.25, -0.2) is 4.68 Å². The van der Waals surface area contributed by atoms with E-state index >= 15 is 0 Å². The van der Waals surface area contributed by atoms with E-state index in [1.807, 2.05) is 0 Å². The molecule has 78 valence electrons. The molecule has 1 atom stereocenters. The third-order valence-corrected chi connectivity index (χ3v) is 2.11. The Morgan fingerprint density at radius 3 is 3.07 bits per heavy atom. The zero-order valence-corrected chi connectivity index (χ0v) is 8.73. The molecule has 0 aliphatic rings. The van der Waals surface area contributed by atoms with Crippen molar-refractivity contribution in [3.63, 3.8) is 0 Å². The molecule has 0 saturated heterocycles. The first-order valence-corrected chi connectivity index (χ1v) is 4.99. The van der Waals surface area contributed by atoms with Gasteiger partial charge in [-0.2, -0.15) is 5.10 Å². The minimum atomic E-state index is -0.0313. The Morgan fingerprint density at radius 2 is 2.43 bits per heavy atom. The largest absolute Gasteiger partial charge is 0.314 e. The first-order chi connectivity index (χ1) is 6.74. The molecule has 0 amide bonds. The maximum atomic E-state index is 11.3. The fraction of sp³-hybridized carbons (Fsp3) is 0.600. The van der Waals surface area contributed by atoms with Crippen LogP contribution in [0.2, 0.25) is 0 Å². The third-order valence-electron chi connectivity index (χ3n) is 2.11. The molecule has 1 N–H and O–H groups in total. The van der Waals surface area contributed by atoms with Crippen LogP contribution in [0.15, 0.2) is 23.1 Å². The van der Waals surface area contributed by atoms with Crippen LogP contribution in [0, 0.1) is 0 Å². The molecule has 1 unspecified atom stereocenters. The van der Waals surface area contributed by atoms with Gasteiger partial charge in [0.05, 0.1) is 0 Å². The minimum Gasteiger partial charge on any atom is -0.314 e. The Labute approximate surface area is 84.0 Å². The van der Waals surface area contributed by atoms with E-state index in [1.165, 1.54) is 10.7 Å². The molecule has 0 aliphatic carbocycles. The predicted molar refractivity (Wildman–Crippen MR) is 56.3 cm³/mol. The zero-order valence-electron chi connectivity index (χ0n) is 8.73. The lowest BCUT2D eigenvalue weighted by Crippen LogP contribution is -2.29. The summed E-state index contributed by atoms with van der Waals surface area (Å²) in [5.41, 5.74) is -0.0313. The average Bonchev–Trinajstić information content (AvgIpc) is 2.17. The lowest BCUT2D eigenvalue weighted by molar-refractivity contribution is 0.456. The number of nitrogens with zero attached hydrogens (tertiary/aromatic N) is 2. The fourth-order valence-electron chi connectivity index (χ4n) is 1.32. The van der Waals surface area contributed by atoms with Crippen molar-refractivity contribution in [2.75, 3.05) is 6.54 Å². The highest BCUT2D eigenvalue weighted by molar-refractivity contribution is 4.84. The van der Waals surface area contributed by atoms with E-state index in [0.29, 0.717) is 12.6 Å². The van der Waals surface area contributed by atoms with Crippen molar-refractivity contribution in [1.29, 1.82) is 0 Å². The van der Waals surface area contributed by atoms with E-state index in [2.05, 4.69) is 24.3 Å². The van der Waals surface area contributed by atoms with Crippen LogP contribution in [0.1, 0.15) is 20.3 Å². The van der Waals surface area contributed by atoms with E-state index in [9.17, 15) is 4.79 Å². The summed E-state index contributed by atoms with van der Waals surface area (Å²) in [6.07, 6.45) is 2.56. The lowest BCUT2D eigenvalue weighted by Gasteiger charge is -2.11. The van der Waals surface area contributed by atoms with Gasteiger partial charge in [-0.05, 0) is 26.0 Å². The Hall–Kier alpha value is -1.16. The number of hydrogen-bond donors (Lipinski definition) is 1. The summed E-state index contributed by atoms with van der Waals surface area (Å²) >= 11 is 0. The molecular formula is C10H17N3O. The van der Waals surface area contributed by atoms with Crippen LogP contribution in [-0.2, 0) is 6.54 Å². The predicted octanol–water partition coefficient (Wildman–Crippen LogP) is 0.631. The van der Waals surface area contributed by atoms with Crippen LogP contribution in [0.5, 0.6) is 0 Å². The number of hydrogen-bond acceptors (Lipinski definition) is 3. The van der Waals surface area contributed by atoms with Gasteiger partial charge < -0.3 is 5.32 Å². The van der Waals surface area contributed by atoms with Gasteiger partial charge in [0, 0.05) is 24.8 Å². The highest BCUT2D eigenvalue weighted by Gasteiger charge is 2.01. The molecule has 1 aromatic rings. The molecule has 0 aliphatic heterocycles. The maximum Gasteiger partial charge on any atom is 0.266 e. The zero-order chi connectivity index (χ0) is 10.4. The smallest absolute Gasteiger partial charge is 0.266 e. The molecule has 0 bridgehead atoms. The Kier molecular flexibility index (Phi) is 4.32. The van der Waals surface area contributed by atoms with Crippen molar-refractivity contribution in [3.05, 3.63) is 28.7 Å². The number of aryl methyl sites for hydroxylation is 1. The molecule has 14 heavy (non-hydrogen) atoms. The maximum absolute atomic E-state index is 11.3. The summed E-state index contributed by atoms with van der Waals surface area (Å²) in [4.78, 5) is 11.3. The monoisotopic (exact) mass is 195 g/mol. The quantitative estimate of drug-likeness (QED) is 0.749. The fourth-order valence-corrected chi connectivity index (χ4v) is 1.32. The molecule has 0 radical (unpaired) electrons. The molecular weight excluding hydrogens is 178 g/mol. The second-order valence-electron chi connectivity index (χ2n) is 3.33. The Morgan fingerprint density at radius 1 is 1.64 bits per heavy atom. The Balaban J connectivity index is 2.46. The first kappa shape index (κ1) is 10.9. The molecule has 0 spiro atoms. The summed E-state index contributed by atoms with van der Waals surface area (Å²) in [6.45, 7) is 5.81.